The minimum atomic E-state index is -0.265. The predicted molar refractivity (Wildman–Crippen MR) is 79.4 cm³/mol. The Morgan fingerprint density at radius 1 is 1.33 bits per heavy atom. The molecule has 1 aromatic carbocycles. The Morgan fingerprint density at radius 2 is 2.11 bits per heavy atom. The number of thiophene rings is 1. The maximum atomic E-state index is 6.54. The summed E-state index contributed by atoms with van der Waals surface area (Å²) in [4.78, 5) is 0.963. The van der Waals surface area contributed by atoms with Crippen molar-refractivity contribution in [3.63, 3.8) is 0 Å². The van der Waals surface area contributed by atoms with Gasteiger partial charge in [-0.2, -0.15) is 0 Å². The molecule has 18 heavy (non-hydrogen) atoms. The normalized spacial score (nSPS) is 12.4. The Balaban J connectivity index is 2.43. The zero-order valence-electron chi connectivity index (χ0n) is 10.2. The minimum absolute atomic E-state index is 0.265. The van der Waals surface area contributed by atoms with Gasteiger partial charge in [-0.1, -0.05) is 29.3 Å². The highest BCUT2D eigenvalue weighted by Gasteiger charge is 2.19. The first-order valence-corrected chi connectivity index (χ1v) is 7.43. The van der Waals surface area contributed by atoms with Crippen molar-refractivity contribution in [2.45, 2.75) is 19.2 Å². The fourth-order valence-electron chi connectivity index (χ4n) is 1.78. The molecule has 1 unspecified atom stereocenters. The van der Waals surface area contributed by atoms with Crippen LogP contribution in [-0.4, -0.2) is 6.61 Å². The van der Waals surface area contributed by atoms with E-state index in [9.17, 15) is 0 Å². The Kier molecular flexibility index (Phi) is 4.55. The Labute approximate surface area is 121 Å². The van der Waals surface area contributed by atoms with Crippen LogP contribution in [0.25, 0.3) is 0 Å². The van der Waals surface area contributed by atoms with E-state index >= 15 is 0 Å². The molecule has 1 atom stereocenters. The molecule has 1 heterocycles. The van der Waals surface area contributed by atoms with Gasteiger partial charge in [0.05, 0.1) is 17.0 Å². The van der Waals surface area contributed by atoms with Crippen LogP contribution < -0.4 is 4.74 Å². The van der Waals surface area contributed by atoms with Crippen LogP contribution in [-0.2, 0) is 0 Å². The van der Waals surface area contributed by atoms with E-state index < -0.39 is 0 Å². The van der Waals surface area contributed by atoms with Crippen molar-refractivity contribution >= 4 is 34.5 Å². The number of rotatable bonds is 4. The molecule has 2 aromatic rings. The van der Waals surface area contributed by atoms with Crippen molar-refractivity contribution in [3.8, 4) is 5.75 Å². The summed E-state index contributed by atoms with van der Waals surface area (Å²) >= 11 is 14.2. The van der Waals surface area contributed by atoms with Crippen LogP contribution in [0.5, 0.6) is 5.75 Å². The lowest BCUT2D eigenvalue weighted by molar-refractivity contribution is 0.337. The minimum Gasteiger partial charge on any atom is -0.494 e. The highest BCUT2D eigenvalue weighted by molar-refractivity contribution is 7.11. The van der Waals surface area contributed by atoms with E-state index in [1.807, 2.05) is 37.4 Å². The van der Waals surface area contributed by atoms with Gasteiger partial charge in [-0.15, -0.1) is 22.9 Å². The number of ether oxygens (including phenoxy) is 1. The summed E-state index contributed by atoms with van der Waals surface area (Å²) in [5.41, 5.74) is 2.13. The van der Waals surface area contributed by atoms with Crippen molar-refractivity contribution in [1.82, 2.24) is 0 Å². The molecule has 1 nitrogen and oxygen atoms in total. The Hall–Kier alpha value is -0.700. The fourth-order valence-corrected chi connectivity index (χ4v) is 3.44. The number of alkyl halides is 1. The molecule has 0 aliphatic carbocycles. The molecule has 0 amide bonds. The van der Waals surface area contributed by atoms with Gasteiger partial charge in [0.2, 0.25) is 0 Å². The molecule has 0 bridgehead atoms. The van der Waals surface area contributed by atoms with Crippen LogP contribution in [0.4, 0.5) is 0 Å². The van der Waals surface area contributed by atoms with Gasteiger partial charge in [0.15, 0.2) is 0 Å². The molecule has 0 radical (unpaired) electrons. The third-order valence-corrected chi connectivity index (χ3v) is 4.62. The first kappa shape index (κ1) is 13.7. The van der Waals surface area contributed by atoms with E-state index in [0.717, 1.165) is 21.8 Å². The topological polar surface area (TPSA) is 9.23 Å². The standard InChI is InChI=1S/C14H14Cl2OS/c1-3-17-12-5-4-9(2)8-10(12)13(16)14-11(15)6-7-18-14/h4-8,13H,3H2,1-2H3. The first-order chi connectivity index (χ1) is 8.63. The highest BCUT2D eigenvalue weighted by Crippen LogP contribution is 2.41. The van der Waals surface area contributed by atoms with Crippen molar-refractivity contribution < 1.29 is 4.74 Å². The van der Waals surface area contributed by atoms with Gasteiger partial charge >= 0.3 is 0 Å². The largest absolute Gasteiger partial charge is 0.494 e. The molecule has 0 aliphatic heterocycles. The molecule has 0 aliphatic rings. The molecular formula is C14H14Cl2OS. The molecule has 1 aromatic heterocycles. The number of hydrogen-bond acceptors (Lipinski definition) is 2. The van der Waals surface area contributed by atoms with Gasteiger partial charge in [-0.25, -0.2) is 0 Å². The van der Waals surface area contributed by atoms with Crippen molar-refractivity contribution in [2.75, 3.05) is 6.61 Å². The molecule has 96 valence electrons. The van der Waals surface area contributed by atoms with Gasteiger partial charge in [0.1, 0.15) is 5.75 Å². The predicted octanol–water partition coefficient (Wildman–Crippen LogP) is 5.44. The average molecular weight is 301 g/mol. The summed E-state index contributed by atoms with van der Waals surface area (Å²) in [7, 11) is 0. The molecule has 0 saturated carbocycles. The second-order valence-electron chi connectivity index (χ2n) is 3.97. The highest BCUT2D eigenvalue weighted by atomic mass is 35.5. The van der Waals surface area contributed by atoms with Crippen molar-refractivity contribution in [2.24, 2.45) is 0 Å². The monoisotopic (exact) mass is 300 g/mol. The quantitative estimate of drug-likeness (QED) is 0.683. The summed E-state index contributed by atoms with van der Waals surface area (Å²) in [6, 6.07) is 7.91. The maximum absolute atomic E-state index is 6.54. The first-order valence-electron chi connectivity index (χ1n) is 5.73. The van der Waals surface area contributed by atoms with E-state index in [4.69, 9.17) is 27.9 Å². The summed E-state index contributed by atoms with van der Waals surface area (Å²) in [6.07, 6.45) is 0. The van der Waals surface area contributed by atoms with Gasteiger partial charge in [-0.3, -0.25) is 0 Å². The number of hydrogen-bond donors (Lipinski definition) is 0. The Morgan fingerprint density at radius 3 is 2.72 bits per heavy atom. The van der Waals surface area contributed by atoms with Crippen LogP contribution in [0.1, 0.15) is 28.3 Å². The molecule has 4 heteroatoms. The van der Waals surface area contributed by atoms with Crippen LogP contribution in [0.15, 0.2) is 29.6 Å². The van der Waals surface area contributed by atoms with Gasteiger partial charge < -0.3 is 4.74 Å². The van der Waals surface area contributed by atoms with Crippen LogP contribution in [0, 0.1) is 6.92 Å². The van der Waals surface area contributed by atoms with Crippen molar-refractivity contribution in [1.29, 1.82) is 0 Å². The van der Waals surface area contributed by atoms with Crippen molar-refractivity contribution in [3.05, 3.63) is 50.7 Å². The molecular weight excluding hydrogens is 287 g/mol. The summed E-state index contributed by atoms with van der Waals surface area (Å²) < 4.78 is 5.63. The van der Waals surface area contributed by atoms with E-state index in [0.29, 0.717) is 11.6 Å². The summed E-state index contributed by atoms with van der Waals surface area (Å²) in [6.45, 7) is 4.63. The fraction of sp³-hybridized carbons (Fsp3) is 0.286. The zero-order valence-corrected chi connectivity index (χ0v) is 12.6. The zero-order chi connectivity index (χ0) is 13.1. The number of halogens is 2. The van der Waals surface area contributed by atoms with Crippen LogP contribution in [0.2, 0.25) is 5.02 Å². The lowest BCUT2D eigenvalue weighted by Crippen LogP contribution is -2.00. The Bertz CT molecular complexity index is 536. The smallest absolute Gasteiger partial charge is 0.124 e. The SMILES string of the molecule is CCOc1ccc(C)cc1C(Cl)c1sccc1Cl. The summed E-state index contributed by atoms with van der Waals surface area (Å²) in [5, 5.41) is 2.39. The van der Waals surface area contributed by atoms with Crippen LogP contribution >= 0.6 is 34.5 Å². The van der Waals surface area contributed by atoms with Gasteiger partial charge in [-0.05, 0) is 31.4 Å². The third kappa shape index (κ3) is 2.82. The molecule has 0 saturated heterocycles. The molecule has 0 fully saturated rings. The molecule has 0 spiro atoms. The number of aryl methyl sites for hydroxylation is 1. The van der Waals surface area contributed by atoms with Gasteiger partial charge in [0.25, 0.3) is 0 Å². The van der Waals surface area contributed by atoms with E-state index in [-0.39, 0.29) is 5.38 Å². The lowest BCUT2D eigenvalue weighted by atomic mass is 10.1. The second-order valence-corrected chi connectivity index (χ2v) is 5.76. The molecule has 2 rings (SSSR count). The molecule has 0 N–H and O–H groups in total. The lowest BCUT2D eigenvalue weighted by Gasteiger charge is -2.15. The average Bonchev–Trinajstić information content (AvgIpc) is 2.77. The van der Waals surface area contributed by atoms with Gasteiger partial charge in [0, 0.05) is 10.4 Å². The third-order valence-electron chi connectivity index (χ3n) is 2.61. The van der Waals surface area contributed by atoms with E-state index in [1.165, 1.54) is 0 Å². The van der Waals surface area contributed by atoms with E-state index in [1.54, 1.807) is 11.3 Å². The van der Waals surface area contributed by atoms with E-state index in [2.05, 4.69) is 6.07 Å². The summed E-state index contributed by atoms with van der Waals surface area (Å²) in [5.74, 6) is 0.826. The number of benzene rings is 1. The van der Waals surface area contributed by atoms with Crippen LogP contribution in [0.3, 0.4) is 0 Å². The second kappa shape index (κ2) is 5.96. The maximum Gasteiger partial charge on any atom is 0.124 e.